The van der Waals surface area contributed by atoms with Crippen LogP contribution in [0, 0.1) is 14.0 Å². The second-order valence-corrected chi connectivity index (χ2v) is 1.92. The summed E-state index contributed by atoms with van der Waals surface area (Å²) in [7, 11) is 0. The van der Waals surface area contributed by atoms with Gasteiger partial charge in [-0.25, -0.2) is 24.3 Å². The third kappa shape index (κ3) is 13.7. The minimum Gasteiger partial charge on any atom is -0.521 e. The summed E-state index contributed by atoms with van der Waals surface area (Å²) in [6, 6.07) is 20.0. The topological polar surface area (TPSA) is 0 Å². The smallest absolute Gasteiger partial charge is 0.521 e. The van der Waals surface area contributed by atoms with E-state index in [9.17, 15) is 0 Å². The van der Waals surface area contributed by atoms with Gasteiger partial charge in [0.2, 0.25) is 0 Å². The van der Waals surface area contributed by atoms with Gasteiger partial charge in [0.25, 0.3) is 0 Å². The van der Waals surface area contributed by atoms with Gasteiger partial charge in [0.05, 0.1) is 0 Å². The Labute approximate surface area is 103 Å². The van der Waals surface area contributed by atoms with Crippen LogP contribution in [-0.2, 0) is 21.7 Å². The standard InChI is InChI=1S/2C5H5.C2H3.CH3.Ti/c2*1-2-4-5-3-1;1-2;;/h2*1-5H;1H,2H2;1H3;/q4*-1;+4. The van der Waals surface area contributed by atoms with Crippen molar-refractivity contribution in [3.63, 3.8) is 0 Å². The molecule has 0 heterocycles. The molecule has 0 N–H and O–H groups in total. The van der Waals surface area contributed by atoms with Crippen LogP contribution in [0.25, 0.3) is 0 Å². The Kier molecular flexibility index (Phi) is 24.3. The molecule has 0 nitrogen and oxygen atoms in total. The van der Waals surface area contributed by atoms with E-state index in [1.165, 1.54) is 0 Å². The van der Waals surface area contributed by atoms with Crippen LogP contribution in [0.1, 0.15) is 0 Å². The summed E-state index contributed by atoms with van der Waals surface area (Å²) in [6.07, 6.45) is 0. The molecule has 72 valence electrons. The molecule has 0 fully saturated rings. The summed E-state index contributed by atoms with van der Waals surface area (Å²) in [5.74, 6) is 0. The molecule has 14 heavy (non-hydrogen) atoms. The first-order chi connectivity index (χ1) is 6.00. The van der Waals surface area contributed by atoms with Crippen LogP contribution in [0.2, 0.25) is 0 Å². The van der Waals surface area contributed by atoms with Crippen molar-refractivity contribution in [2.45, 2.75) is 0 Å². The summed E-state index contributed by atoms with van der Waals surface area (Å²) in [5, 5.41) is 0. The predicted octanol–water partition coefficient (Wildman–Crippen LogP) is 3.86. The van der Waals surface area contributed by atoms with Crippen molar-refractivity contribution in [3.8, 4) is 0 Å². The molecule has 0 unspecified atom stereocenters. The van der Waals surface area contributed by atoms with Crippen molar-refractivity contribution < 1.29 is 21.7 Å². The van der Waals surface area contributed by atoms with E-state index in [1.807, 2.05) is 60.7 Å². The van der Waals surface area contributed by atoms with Crippen molar-refractivity contribution in [1.82, 2.24) is 0 Å². The van der Waals surface area contributed by atoms with Gasteiger partial charge in [-0.15, -0.1) is 0 Å². The number of hydrogen-bond donors (Lipinski definition) is 0. The molecule has 0 atom stereocenters. The summed E-state index contributed by atoms with van der Waals surface area (Å²) >= 11 is 0. The average Bonchev–Trinajstić information content (AvgIpc) is 2.87. The number of rotatable bonds is 0. The van der Waals surface area contributed by atoms with E-state index in [0.717, 1.165) is 0 Å². The fourth-order valence-corrected chi connectivity index (χ4v) is 0.642. The maximum absolute atomic E-state index is 4.25. The SMILES string of the molecule is [CH-]=C.[CH3-].[Ti+4].c1cc[cH-]c1.c1cc[cH-]c1. The van der Waals surface area contributed by atoms with Gasteiger partial charge < -0.3 is 14.0 Å². The summed E-state index contributed by atoms with van der Waals surface area (Å²) in [5.41, 5.74) is 0. The Morgan fingerprint density at radius 2 is 0.929 bits per heavy atom. The van der Waals surface area contributed by atoms with Gasteiger partial charge in [-0.2, -0.15) is 36.4 Å². The number of hydrogen-bond acceptors (Lipinski definition) is 0. The third-order valence-corrected chi connectivity index (χ3v) is 1.11. The zero-order valence-corrected chi connectivity index (χ0v) is 10.1. The van der Waals surface area contributed by atoms with Gasteiger partial charge in [0.1, 0.15) is 0 Å². The third-order valence-electron chi connectivity index (χ3n) is 1.11. The van der Waals surface area contributed by atoms with Crippen molar-refractivity contribution in [1.29, 1.82) is 0 Å². The minimum atomic E-state index is 0. The zero-order valence-electron chi connectivity index (χ0n) is 8.56. The molecule has 2 aromatic carbocycles. The Balaban J connectivity index is -0.000000131. The van der Waals surface area contributed by atoms with Crippen molar-refractivity contribution in [3.05, 3.63) is 81.2 Å². The van der Waals surface area contributed by atoms with Gasteiger partial charge in [-0.05, 0) is 0 Å². The Morgan fingerprint density at radius 3 is 1.00 bits per heavy atom. The molecule has 2 rings (SSSR count). The van der Waals surface area contributed by atoms with Crippen LogP contribution in [0.3, 0.4) is 0 Å². The van der Waals surface area contributed by atoms with Gasteiger partial charge in [-0.3, -0.25) is 6.58 Å². The van der Waals surface area contributed by atoms with Gasteiger partial charge in [-0.1, -0.05) is 0 Å². The van der Waals surface area contributed by atoms with Crippen LogP contribution in [0.5, 0.6) is 0 Å². The van der Waals surface area contributed by atoms with Crippen LogP contribution >= 0.6 is 0 Å². The first kappa shape index (κ1) is 18.8. The second kappa shape index (κ2) is 18.0. The molecule has 0 aromatic heterocycles. The summed E-state index contributed by atoms with van der Waals surface area (Å²) in [4.78, 5) is 0. The predicted molar refractivity (Wildman–Crippen MR) is 60.4 cm³/mol. The van der Waals surface area contributed by atoms with Crippen LogP contribution in [0.4, 0.5) is 0 Å². The molecule has 0 amide bonds. The van der Waals surface area contributed by atoms with E-state index in [4.69, 9.17) is 0 Å². The van der Waals surface area contributed by atoms with Crippen LogP contribution < -0.4 is 0 Å². The van der Waals surface area contributed by atoms with Gasteiger partial charge in [0, 0.05) is 0 Å². The normalized spacial score (nSPS) is 6.00. The molecule has 0 spiro atoms. The molecule has 0 bridgehead atoms. The van der Waals surface area contributed by atoms with E-state index in [2.05, 4.69) is 13.2 Å². The van der Waals surface area contributed by atoms with Crippen molar-refractivity contribution >= 4 is 0 Å². The molecular formula is C13H16Ti. The maximum Gasteiger partial charge on any atom is 4.00 e. The Hall–Kier alpha value is -0.846. The average molecular weight is 220 g/mol. The molecular weight excluding hydrogens is 204 g/mol. The first-order valence-electron chi connectivity index (χ1n) is 3.74. The summed E-state index contributed by atoms with van der Waals surface area (Å²) < 4.78 is 0. The molecule has 1 heteroatoms. The fraction of sp³-hybridized carbons (Fsp3) is 0. The van der Waals surface area contributed by atoms with E-state index in [-0.39, 0.29) is 29.1 Å². The largest absolute Gasteiger partial charge is 4.00 e. The quantitative estimate of drug-likeness (QED) is 0.467. The minimum absolute atomic E-state index is 0. The molecule has 0 radical (unpaired) electrons. The molecule has 0 aliphatic carbocycles. The summed E-state index contributed by atoms with van der Waals surface area (Å²) in [6.45, 7) is 7.00. The van der Waals surface area contributed by atoms with Crippen LogP contribution in [-0.4, -0.2) is 0 Å². The monoisotopic (exact) mass is 220 g/mol. The Bertz CT molecular complexity index is 157. The van der Waals surface area contributed by atoms with Gasteiger partial charge >= 0.3 is 21.7 Å². The molecule has 0 aliphatic heterocycles. The first-order valence-corrected chi connectivity index (χ1v) is 3.74. The van der Waals surface area contributed by atoms with Crippen LogP contribution in [0.15, 0.2) is 67.2 Å². The van der Waals surface area contributed by atoms with Crippen molar-refractivity contribution in [2.24, 2.45) is 0 Å². The molecule has 0 saturated heterocycles. The fourth-order valence-electron chi connectivity index (χ4n) is 0.642. The van der Waals surface area contributed by atoms with E-state index < -0.39 is 0 Å². The molecule has 2 aromatic rings. The van der Waals surface area contributed by atoms with Gasteiger partial charge in [0.15, 0.2) is 0 Å². The zero-order chi connectivity index (χ0) is 9.07. The second-order valence-electron chi connectivity index (χ2n) is 1.92. The Morgan fingerprint density at radius 1 is 0.714 bits per heavy atom. The van der Waals surface area contributed by atoms with Crippen molar-refractivity contribution in [2.75, 3.05) is 0 Å². The van der Waals surface area contributed by atoms with E-state index in [1.54, 1.807) is 0 Å². The van der Waals surface area contributed by atoms with E-state index in [0.29, 0.717) is 0 Å². The van der Waals surface area contributed by atoms with E-state index >= 15 is 0 Å². The molecule has 0 aliphatic rings. The molecule has 0 saturated carbocycles. The maximum atomic E-state index is 4.25.